The number of halogens is 2. The summed E-state index contributed by atoms with van der Waals surface area (Å²) in [5, 5.41) is 2.82. The summed E-state index contributed by atoms with van der Waals surface area (Å²) in [5.41, 5.74) is 0.503. The predicted molar refractivity (Wildman–Crippen MR) is 88.8 cm³/mol. The van der Waals surface area contributed by atoms with E-state index in [0.717, 1.165) is 6.42 Å². The normalized spacial score (nSPS) is 22.0. The van der Waals surface area contributed by atoms with Gasteiger partial charge in [-0.1, -0.05) is 19.8 Å². The first-order chi connectivity index (χ1) is 10.1. The summed E-state index contributed by atoms with van der Waals surface area (Å²) in [6.45, 7) is 3.23. The standard InChI is InChI=1S/C16H21FINO2/c1-11-4-2-3-5-15(11)21-9-8-19-16(20)13-7-6-12(17)10-14(13)18/h6-7,10-11,15H,2-5,8-9H2,1H3,(H,19,20). The van der Waals surface area contributed by atoms with Crippen LogP contribution in [0.1, 0.15) is 43.0 Å². The molecule has 116 valence electrons. The molecule has 1 amide bonds. The Bertz CT molecular complexity index is 495. The minimum atomic E-state index is -0.328. The quantitative estimate of drug-likeness (QED) is 0.599. The van der Waals surface area contributed by atoms with Crippen molar-refractivity contribution in [3.05, 3.63) is 33.1 Å². The van der Waals surface area contributed by atoms with Crippen LogP contribution >= 0.6 is 22.6 Å². The maximum atomic E-state index is 13.0. The molecule has 1 aliphatic carbocycles. The molecule has 1 N–H and O–H groups in total. The number of carbonyl (C=O) groups excluding carboxylic acids is 1. The molecule has 0 saturated heterocycles. The molecule has 2 atom stereocenters. The van der Waals surface area contributed by atoms with Crippen molar-refractivity contribution in [2.45, 2.75) is 38.7 Å². The van der Waals surface area contributed by atoms with Gasteiger partial charge in [-0.05, 0) is 59.5 Å². The van der Waals surface area contributed by atoms with E-state index in [2.05, 4.69) is 12.2 Å². The summed E-state index contributed by atoms with van der Waals surface area (Å²) in [6.07, 6.45) is 5.19. The van der Waals surface area contributed by atoms with Gasteiger partial charge >= 0.3 is 0 Å². The highest BCUT2D eigenvalue weighted by atomic mass is 127. The van der Waals surface area contributed by atoms with Crippen LogP contribution in [0, 0.1) is 15.3 Å². The zero-order valence-electron chi connectivity index (χ0n) is 12.2. The van der Waals surface area contributed by atoms with Crippen molar-refractivity contribution in [3.63, 3.8) is 0 Å². The van der Waals surface area contributed by atoms with Crippen molar-refractivity contribution in [2.24, 2.45) is 5.92 Å². The molecule has 0 heterocycles. The van der Waals surface area contributed by atoms with Crippen molar-refractivity contribution in [3.8, 4) is 0 Å². The third kappa shape index (κ3) is 4.92. The summed E-state index contributed by atoms with van der Waals surface area (Å²) < 4.78 is 19.5. The highest BCUT2D eigenvalue weighted by Crippen LogP contribution is 2.26. The molecule has 1 aliphatic rings. The van der Waals surface area contributed by atoms with Crippen LogP contribution in [-0.4, -0.2) is 25.2 Å². The van der Waals surface area contributed by atoms with Crippen molar-refractivity contribution in [1.82, 2.24) is 5.32 Å². The molecule has 1 aromatic rings. The van der Waals surface area contributed by atoms with Crippen LogP contribution in [0.2, 0.25) is 0 Å². The second kappa shape index (κ2) is 8.08. The van der Waals surface area contributed by atoms with E-state index in [1.807, 2.05) is 22.6 Å². The third-order valence-corrected chi connectivity index (χ3v) is 4.82. The Hall–Kier alpha value is -0.690. The summed E-state index contributed by atoms with van der Waals surface area (Å²) >= 11 is 1.97. The Morgan fingerprint density at radius 1 is 1.43 bits per heavy atom. The average molecular weight is 405 g/mol. The number of carbonyl (C=O) groups is 1. The summed E-state index contributed by atoms with van der Waals surface area (Å²) in [5.74, 6) is 0.0951. The maximum Gasteiger partial charge on any atom is 0.252 e. The van der Waals surface area contributed by atoms with Crippen LogP contribution in [0.5, 0.6) is 0 Å². The smallest absolute Gasteiger partial charge is 0.252 e. The number of rotatable bonds is 5. The lowest BCUT2D eigenvalue weighted by atomic mass is 9.88. The third-order valence-electron chi connectivity index (χ3n) is 3.93. The molecule has 1 saturated carbocycles. The Balaban J connectivity index is 1.74. The first-order valence-electron chi connectivity index (χ1n) is 7.43. The van der Waals surface area contributed by atoms with Gasteiger partial charge < -0.3 is 10.1 Å². The predicted octanol–water partition coefficient (Wildman–Crippen LogP) is 3.76. The van der Waals surface area contributed by atoms with Crippen LogP contribution in [0.3, 0.4) is 0 Å². The van der Waals surface area contributed by atoms with E-state index in [9.17, 15) is 9.18 Å². The monoisotopic (exact) mass is 405 g/mol. The van der Waals surface area contributed by atoms with Gasteiger partial charge in [-0.2, -0.15) is 0 Å². The van der Waals surface area contributed by atoms with Gasteiger partial charge in [0.2, 0.25) is 0 Å². The molecule has 1 fully saturated rings. The number of nitrogens with one attached hydrogen (secondary N) is 1. The number of amides is 1. The molecular formula is C16H21FINO2. The lowest BCUT2D eigenvalue weighted by Gasteiger charge is -2.28. The average Bonchev–Trinajstić information content (AvgIpc) is 2.45. The zero-order valence-corrected chi connectivity index (χ0v) is 14.4. The van der Waals surface area contributed by atoms with Crippen LogP contribution < -0.4 is 5.32 Å². The van der Waals surface area contributed by atoms with Crippen LogP contribution in [0.25, 0.3) is 0 Å². The molecule has 0 spiro atoms. The van der Waals surface area contributed by atoms with E-state index in [-0.39, 0.29) is 11.7 Å². The molecule has 0 aromatic heterocycles. The molecule has 0 bridgehead atoms. The molecule has 1 aromatic carbocycles. The van der Waals surface area contributed by atoms with Gasteiger partial charge in [-0.25, -0.2) is 4.39 Å². The molecular weight excluding hydrogens is 384 g/mol. The van der Waals surface area contributed by atoms with Crippen LogP contribution in [-0.2, 0) is 4.74 Å². The lowest BCUT2D eigenvalue weighted by Crippen LogP contribution is -2.32. The van der Waals surface area contributed by atoms with E-state index < -0.39 is 0 Å². The number of ether oxygens (including phenoxy) is 1. The van der Waals surface area contributed by atoms with Gasteiger partial charge in [0, 0.05) is 10.1 Å². The molecule has 0 aliphatic heterocycles. The van der Waals surface area contributed by atoms with Gasteiger partial charge in [0.25, 0.3) is 5.91 Å². The van der Waals surface area contributed by atoms with E-state index in [1.165, 1.54) is 37.5 Å². The molecule has 2 unspecified atom stereocenters. The van der Waals surface area contributed by atoms with Crippen molar-refractivity contribution < 1.29 is 13.9 Å². The summed E-state index contributed by atoms with van der Waals surface area (Å²) in [4.78, 5) is 12.0. The fourth-order valence-corrected chi connectivity index (χ4v) is 3.40. The van der Waals surface area contributed by atoms with Gasteiger partial charge in [0.05, 0.1) is 18.3 Å². The first kappa shape index (κ1) is 16.7. The Kier molecular flexibility index (Phi) is 6.41. The first-order valence-corrected chi connectivity index (χ1v) is 8.50. The Morgan fingerprint density at radius 3 is 2.90 bits per heavy atom. The molecule has 21 heavy (non-hydrogen) atoms. The molecule has 5 heteroatoms. The van der Waals surface area contributed by atoms with Gasteiger partial charge in [-0.15, -0.1) is 0 Å². The number of hydrogen-bond donors (Lipinski definition) is 1. The molecule has 2 rings (SSSR count). The van der Waals surface area contributed by atoms with E-state index in [1.54, 1.807) is 0 Å². The second-order valence-electron chi connectivity index (χ2n) is 5.55. The van der Waals surface area contributed by atoms with E-state index in [0.29, 0.717) is 34.3 Å². The lowest BCUT2D eigenvalue weighted by molar-refractivity contribution is -0.00294. The van der Waals surface area contributed by atoms with Crippen molar-refractivity contribution >= 4 is 28.5 Å². The van der Waals surface area contributed by atoms with E-state index >= 15 is 0 Å². The zero-order chi connectivity index (χ0) is 15.2. The highest BCUT2D eigenvalue weighted by molar-refractivity contribution is 14.1. The SMILES string of the molecule is CC1CCCCC1OCCNC(=O)c1ccc(F)cc1I. The fourth-order valence-electron chi connectivity index (χ4n) is 2.67. The minimum absolute atomic E-state index is 0.181. The Labute approximate surface area is 138 Å². The Morgan fingerprint density at radius 2 is 2.19 bits per heavy atom. The van der Waals surface area contributed by atoms with Gasteiger partial charge in [0.1, 0.15) is 5.82 Å². The fraction of sp³-hybridized carbons (Fsp3) is 0.562. The van der Waals surface area contributed by atoms with Crippen LogP contribution in [0.15, 0.2) is 18.2 Å². The minimum Gasteiger partial charge on any atom is -0.376 e. The van der Waals surface area contributed by atoms with Gasteiger partial charge in [0.15, 0.2) is 0 Å². The summed E-state index contributed by atoms with van der Waals surface area (Å²) in [7, 11) is 0. The van der Waals surface area contributed by atoms with Crippen molar-refractivity contribution in [1.29, 1.82) is 0 Å². The van der Waals surface area contributed by atoms with E-state index in [4.69, 9.17) is 4.74 Å². The maximum absolute atomic E-state index is 13.0. The van der Waals surface area contributed by atoms with Crippen molar-refractivity contribution in [2.75, 3.05) is 13.2 Å². The largest absolute Gasteiger partial charge is 0.376 e. The molecule has 0 radical (unpaired) electrons. The number of benzene rings is 1. The molecule has 3 nitrogen and oxygen atoms in total. The van der Waals surface area contributed by atoms with Crippen LogP contribution in [0.4, 0.5) is 4.39 Å². The topological polar surface area (TPSA) is 38.3 Å². The second-order valence-corrected chi connectivity index (χ2v) is 6.71. The number of hydrogen-bond acceptors (Lipinski definition) is 2. The van der Waals surface area contributed by atoms with Gasteiger partial charge in [-0.3, -0.25) is 4.79 Å². The highest BCUT2D eigenvalue weighted by Gasteiger charge is 2.21. The summed E-state index contributed by atoms with van der Waals surface area (Å²) in [6, 6.07) is 4.17.